The van der Waals surface area contributed by atoms with Gasteiger partial charge in [0.1, 0.15) is 18.0 Å². The molecule has 3 rings (SSSR count). The first-order valence-electron chi connectivity index (χ1n) is 9.88. The monoisotopic (exact) mass is 445 g/mol. The van der Waals surface area contributed by atoms with E-state index in [4.69, 9.17) is 14.2 Å². The van der Waals surface area contributed by atoms with Gasteiger partial charge in [-0.1, -0.05) is 6.07 Å². The van der Waals surface area contributed by atoms with Crippen LogP contribution in [-0.2, 0) is 14.3 Å². The fraction of sp³-hybridized carbons (Fsp3) is 0.409. The van der Waals surface area contributed by atoms with Gasteiger partial charge in [-0.2, -0.15) is 5.10 Å². The standard InChI is InChI=1S/C22H27N3O5S/c1-15(26)24(9-10-28-2)14-22(27)25-19(13-18(23-25)21-6-5-11-31-21)17-12-16(29-3)7-8-20(17)30-4/h5-8,11-12,19H,9-10,13-14H2,1-4H3. The number of carbonyl (C=O) groups excluding carboxylic acids is 2. The summed E-state index contributed by atoms with van der Waals surface area (Å²) in [5.74, 6) is 0.850. The number of hydrogen-bond acceptors (Lipinski definition) is 7. The Morgan fingerprint density at radius 1 is 1.23 bits per heavy atom. The average Bonchev–Trinajstić information content (AvgIpc) is 3.45. The van der Waals surface area contributed by atoms with Crippen LogP contribution in [0.15, 0.2) is 40.8 Å². The number of methoxy groups -OCH3 is 3. The van der Waals surface area contributed by atoms with Crippen LogP contribution in [0.4, 0.5) is 0 Å². The Bertz CT molecular complexity index is 945. The summed E-state index contributed by atoms with van der Waals surface area (Å²) in [6.07, 6.45) is 0.536. The highest BCUT2D eigenvalue weighted by Crippen LogP contribution is 2.39. The molecule has 1 aliphatic rings. The summed E-state index contributed by atoms with van der Waals surface area (Å²) < 4.78 is 16.0. The van der Waals surface area contributed by atoms with Crippen LogP contribution >= 0.6 is 11.3 Å². The van der Waals surface area contributed by atoms with Crippen molar-refractivity contribution in [3.05, 3.63) is 46.2 Å². The summed E-state index contributed by atoms with van der Waals surface area (Å²) in [4.78, 5) is 27.8. The van der Waals surface area contributed by atoms with E-state index in [0.717, 1.165) is 16.2 Å². The van der Waals surface area contributed by atoms with Crippen LogP contribution in [0.25, 0.3) is 0 Å². The van der Waals surface area contributed by atoms with Gasteiger partial charge in [0.05, 0.1) is 37.5 Å². The molecule has 1 aromatic heterocycles. The van der Waals surface area contributed by atoms with Gasteiger partial charge in [-0.15, -0.1) is 11.3 Å². The first-order valence-corrected chi connectivity index (χ1v) is 10.8. The van der Waals surface area contributed by atoms with Gasteiger partial charge in [-0.3, -0.25) is 9.59 Å². The minimum absolute atomic E-state index is 0.0807. The molecule has 1 atom stereocenters. The van der Waals surface area contributed by atoms with E-state index in [0.29, 0.717) is 31.1 Å². The lowest BCUT2D eigenvalue weighted by atomic mass is 9.99. The zero-order valence-electron chi connectivity index (χ0n) is 18.2. The lowest BCUT2D eigenvalue weighted by molar-refractivity contribution is -0.141. The van der Waals surface area contributed by atoms with E-state index in [-0.39, 0.29) is 24.4 Å². The van der Waals surface area contributed by atoms with E-state index in [1.54, 1.807) is 32.7 Å². The number of ether oxygens (including phenoxy) is 3. The molecule has 1 aliphatic heterocycles. The number of rotatable bonds is 9. The molecule has 1 aromatic carbocycles. The number of thiophene rings is 1. The molecular formula is C22H27N3O5S. The molecule has 2 amide bonds. The van der Waals surface area contributed by atoms with Crippen molar-refractivity contribution in [2.75, 3.05) is 41.0 Å². The summed E-state index contributed by atoms with van der Waals surface area (Å²) in [7, 11) is 4.75. The van der Waals surface area contributed by atoms with E-state index in [1.165, 1.54) is 16.8 Å². The van der Waals surface area contributed by atoms with Crippen molar-refractivity contribution in [3.63, 3.8) is 0 Å². The van der Waals surface area contributed by atoms with Crippen LogP contribution < -0.4 is 9.47 Å². The first kappa shape index (κ1) is 22.8. The predicted molar refractivity (Wildman–Crippen MR) is 119 cm³/mol. The van der Waals surface area contributed by atoms with Crippen LogP contribution in [0, 0.1) is 0 Å². The summed E-state index contributed by atoms with van der Waals surface area (Å²) >= 11 is 1.57. The van der Waals surface area contributed by atoms with Crippen molar-refractivity contribution in [1.29, 1.82) is 0 Å². The number of hydrogen-bond donors (Lipinski definition) is 0. The molecule has 0 spiro atoms. The molecule has 0 saturated carbocycles. The lowest BCUT2D eigenvalue weighted by Gasteiger charge is -2.27. The lowest BCUT2D eigenvalue weighted by Crippen LogP contribution is -2.41. The quantitative estimate of drug-likeness (QED) is 0.593. The molecule has 9 heteroatoms. The Balaban J connectivity index is 1.95. The average molecular weight is 446 g/mol. The molecule has 31 heavy (non-hydrogen) atoms. The van der Waals surface area contributed by atoms with Gasteiger partial charge in [0.15, 0.2) is 0 Å². The van der Waals surface area contributed by atoms with Crippen molar-refractivity contribution in [2.24, 2.45) is 5.10 Å². The van der Waals surface area contributed by atoms with Gasteiger partial charge in [-0.25, -0.2) is 5.01 Å². The Labute approximate surface area is 186 Å². The highest BCUT2D eigenvalue weighted by molar-refractivity contribution is 7.12. The molecule has 1 unspecified atom stereocenters. The summed E-state index contributed by atoms with van der Waals surface area (Å²) in [6.45, 7) is 2.04. The van der Waals surface area contributed by atoms with E-state index >= 15 is 0 Å². The third kappa shape index (κ3) is 5.23. The molecule has 0 saturated heterocycles. The molecular weight excluding hydrogens is 418 g/mol. The second-order valence-electron chi connectivity index (χ2n) is 7.02. The van der Waals surface area contributed by atoms with Crippen LogP contribution in [0.1, 0.15) is 29.8 Å². The van der Waals surface area contributed by atoms with Gasteiger partial charge in [0.2, 0.25) is 5.91 Å². The molecule has 2 aromatic rings. The van der Waals surface area contributed by atoms with E-state index in [1.807, 2.05) is 35.7 Å². The fourth-order valence-corrected chi connectivity index (χ4v) is 4.18. The van der Waals surface area contributed by atoms with Gasteiger partial charge in [-0.05, 0) is 29.6 Å². The maximum Gasteiger partial charge on any atom is 0.262 e. The van der Waals surface area contributed by atoms with Crippen molar-refractivity contribution in [2.45, 2.75) is 19.4 Å². The van der Waals surface area contributed by atoms with Gasteiger partial charge in [0.25, 0.3) is 5.91 Å². The van der Waals surface area contributed by atoms with Crippen LogP contribution in [0.2, 0.25) is 0 Å². The van der Waals surface area contributed by atoms with Crippen LogP contribution in [-0.4, -0.2) is 68.5 Å². The molecule has 8 nitrogen and oxygen atoms in total. The molecule has 2 heterocycles. The molecule has 0 fully saturated rings. The van der Waals surface area contributed by atoms with Gasteiger partial charge >= 0.3 is 0 Å². The van der Waals surface area contributed by atoms with Gasteiger partial charge < -0.3 is 19.1 Å². The number of amides is 2. The zero-order chi connectivity index (χ0) is 22.4. The largest absolute Gasteiger partial charge is 0.497 e. The smallest absolute Gasteiger partial charge is 0.262 e. The number of hydrazone groups is 1. The minimum atomic E-state index is -0.370. The highest BCUT2D eigenvalue weighted by atomic mass is 32.1. The topological polar surface area (TPSA) is 80.7 Å². The summed E-state index contributed by atoms with van der Waals surface area (Å²) in [5, 5.41) is 8.10. The van der Waals surface area contributed by atoms with Crippen LogP contribution in [0.5, 0.6) is 11.5 Å². The van der Waals surface area contributed by atoms with Crippen molar-refractivity contribution < 1.29 is 23.8 Å². The van der Waals surface area contributed by atoms with Crippen molar-refractivity contribution in [1.82, 2.24) is 9.91 Å². The Morgan fingerprint density at radius 3 is 2.65 bits per heavy atom. The minimum Gasteiger partial charge on any atom is -0.497 e. The Kier molecular flexibility index (Phi) is 7.64. The SMILES string of the molecule is COCCN(CC(=O)N1N=C(c2cccs2)CC1c1cc(OC)ccc1OC)C(C)=O. The molecule has 0 radical (unpaired) electrons. The second-order valence-corrected chi connectivity index (χ2v) is 7.97. The molecule has 0 N–H and O–H groups in total. The first-order chi connectivity index (χ1) is 15.0. The molecule has 166 valence electrons. The molecule has 0 bridgehead atoms. The van der Waals surface area contributed by atoms with Crippen molar-refractivity contribution >= 4 is 28.9 Å². The maximum atomic E-state index is 13.3. The predicted octanol–water partition coefficient (Wildman–Crippen LogP) is 2.94. The van der Waals surface area contributed by atoms with Gasteiger partial charge in [0, 0.05) is 32.6 Å². The summed E-state index contributed by atoms with van der Waals surface area (Å²) in [6, 6.07) is 9.07. The third-order valence-electron chi connectivity index (χ3n) is 5.10. The maximum absolute atomic E-state index is 13.3. The summed E-state index contributed by atoms with van der Waals surface area (Å²) in [5.41, 5.74) is 1.63. The van der Waals surface area contributed by atoms with E-state index < -0.39 is 0 Å². The highest BCUT2D eigenvalue weighted by Gasteiger charge is 2.36. The third-order valence-corrected chi connectivity index (χ3v) is 6.02. The van der Waals surface area contributed by atoms with Crippen molar-refractivity contribution in [3.8, 4) is 11.5 Å². The number of nitrogens with zero attached hydrogens (tertiary/aromatic N) is 3. The second kappa shape index (κ2) is 10.4. The number of benzene rings is 1. The van der Waals surface area contributed by atoms with E-state index in [9.17, 15) is 9.59 Å². The van der Waals surface area contributed by atoms with Crippen LogP contribution in [0.3, 0.4) is 0 Å². The fourth-order valence-electron chi connectivity index (χ4n) is 3.46. The van der Waals surface area contributed by atoms with E-state index in [2.05, 4.69) is 5.10 Å². The zero-order valence-corrected chi connectivity index (χ0v) is 19.0. The molecule has 0 aliphatic carbocycles. The normalized spacial score (nSPS) is 15.5. The number of carbonyl (C=O) groups is 2. The Hall–Kier alpha value is -2.91. The Morgan fingerprint density at radius 2 is 2.03 bits per heavy atom.